The second kappa shape index (κ2) is 3.40. The summed E-state index contributed by atoms with van der Waals surface area (Å²) in [4.78, 5) is 0. The van der Waals surface area contributed by atoms with Crippen LogP contribution in [0.3, 0.4) is 0 Å². The third kappa shape index (κ3) is 1.87. The third-order valence-corrected chi connectivity index (χ3v) is 1.51. The molecule has 0 saturated heterocycles. The lowest BCUT2D eigenvalue weighted by Gasteiger charge is -1.90. The van der Waals surface area contributed by atoms with Gasteiger partial charge < -0.3 is 0 Å². The molecule has 2 heteroatoms. The van der Waals surface area contributed by atoms with Crippen LogP contribution in [-0.2, 0) is 13.6 Å². The monoisotopic (exact) mass is 140 g/mol. The Balaban J connectivity index is 2.63. The highest BCUT2D eigenvalue weighted by molar-refractivity contribution is 4.65. The first kappa shape index (κ1) is 5.96. The summed E-state index contributed by atoms with van der Waals surface area (Å²) in [5.41, 5.74) is 0. The van der Waals surface area contributed by atoms with Crippen LogP contribution in [0.25, 0.3) is 0 Å². The molecule has 0 fully saturated rings. The van der Waals surface area contributed by atoms with E-state index in [4.69, 9.17) is 1.37 Å². The summed E-state index contributed by atoms with van der Waals surface area (Å²) < 4.78 is 11.4. The van der Waals surface area contributed by atoms with E-state index in [0.717, 1.165) is 13.0 Å². The van der Waals surface area contributed by atoms with E-state index in [1.165, 1.54) is 6.42 Å². The summed E-state index contributed by atoms with van der Waals surface area (Å²) >= 11 is 0. The Bertz CT molecular complexity index is 230. The summed E-state index contributed by atoms with van der Waals surface area (Å²) in [6, 6.07) is 0. The Kier molecular flexibility index (Phi) is 2.02. The van der Waals surface area contributed by atoms with Gasteiger partial charge >= 0.3 is 0 Å². The number of rotatable bonds is 3. The number of aryl methyl sites for hydroxylation is 2. The molecule has 0 aliphatic rings. The summed E-state index contributed by atoms with van der Waals surface area (Å²) in [6.45, 7) is 3.13. The van der Waals surface area contributed by atoms with Crippen LogP contribution in [0.4, 0.5) is 0 Å². The molecule has 0 amide bonds. The van der Waals surface area contributed by atoms with Crippen LogP contribution >= 0.6 is 0 Å². The van der Waals surface area contributed by atoms with Crippen LogP contribution in [0.2, 0.25) is 0 Å². The summed E-state index contributed by atoms with van der Waals surface area (Å²) in [7, 11) is 1.89. The molecule has 0 aliphatic heterocycles. The zero-order chi connectivity index (χ0) is 8.27. The van der Waals surface area contributed by atoms with Gasteiger partial charge in [-0.2, -0.15) is 0 Å². The first-order chi connectivity index (χ1) is 5.25. The lowest BCUT2D eigenvalue weighted by molar-refractivity contribution is -0.671. The molecule has 0 saturated carbocycles. The average Bonchev–Trinajstić information content (AvgIpc) is 2.31. The molecule has 1 heterocycles. The number of hydrogen-bond donors (Lipinski definition) is 0. The molecular weight excluding hydrogens is 124 g/mol. The molecule has 10 heavy (non-hydrogen) atoms. The van der Waals surface area contributed by atoms with Gasteiger partial charge in [-0.05, 0) is 6.42 Å². The number of aromatic nitrogens is 2. The van der Waals surface area contributed by atoms with Crippen molar-refractivity contribution in [1.29, 1.82) is 0 Å². The minimum absolute atomic E-state index is 0.582. The Labute approximate surface area is 63.5 Å². The third-order valence-electron chi connectivity index (χ3n) is 1.51. The molecule has 0 aliphatic carbocycles. The minimum Gasteiger partial charge on any atom is -0.240 e. The maximum Gasteiger partial charge on any atom is 0.243 e. The van der Waals surface area contributed by atoms with Crippen LogP contribution in [0, 0.1) is 0 Å². The molecule has 0 aromatic carbocycles. The predicted octanol–water partition coefficient (Wildman–Crippen LogP) is 1.11. The molecule has 0 unspecified atom stereocenters. The van der Waals surface area contributed by atoms with E-state index >= 15 is 0 Å². The van der Waals surface area contributed by atoms with E-state index < -0.39 is 0 Å². The fourth-order valence-corrected chi connectivity index (χ4v) is 0.903. The number of unbranched alkanes of at least 4 members (excludes halogenated alkanes) is 1. The van der Waals surface area contributed by atoms with Gasteiger partial charge in [-0.3, -0.25) is 0 Å². The first-order valence-corrected chi connectivity index (χ1v) is 3.77. The molecule has 2 nitrogen and oxygen atoms in total. The minimum atomic E-state index is 0.582. The Morgan fingerprint density at radius 2 is 2.50 bits per heavy atom. The fraction of sp³-hybridized carbons (Fsp3) is 0.625. The lowest BCUT2D eigenvalue weighted by atomic mass is 10.3. The van der Waals surface area contributed by atoms with Gasteiger partial charge in [0.25, 0.3) is 0 Å². The molecule has 0 spiro atoms. The van der Waals surface area contributed by atoms with Crippen molar-refractivity contribution in [3.63, 3.8) is 0 Å². The van der Waals surface area contributed by atoms with E-state index in [9.17, 15) is 0 Å². The quantitative estimate of drug-likeness (QED) is 0.556. The molecule has 0 bridgehead atoms. The zero-order valence-electron chi connectivity index (χ0n) is 7.67. The second-order valence-corrected chi connectivity index (χ2v) is 2.56. The van der Waals surface area contributed by atoms with Crippen LogP contribution < -0.4 is 4.57 Å². The Hall–Kier alpha value is -0.790. The van der Waals surface area contributed by atoms with Crippen molar-refractivity contribution in [2.75, 3.05) is 0 Å². The number of nitrogens with zero attached hydrogens (tertiary/aromatic N) is 2. The van der Waals surface area contributed by atoms with Crippen LogP contribution in [0.15, 0.2) is 18.7 Å². The van der Waals surface area contributed by atoms with Crippen molar-refractivity contribution in [3.8, 4) is 0 Å². The molecule has 1 aromatic rings. The van der Waals surface area contributed by atoms with Crippen LogP contribution in [-0.4, -0.2) is 4.57 Å². The fourth-order valence-electron chi connectivity index (χ4n) is 0.903. The summed E-state index contributed by atoms with van der Waals surface area (Å²) in [6.07, 6.45) is 6.79. The summed E-state index contributed by atoms with van der Waals surface area (Å²) in [5.74, 6) is 0. The average molecular weight is 140 g/mol. The molecule has 1 aromatic heterocycles. The van der Waals surface area contributed by atoms with Crippen molar-refractivity contribution >= 4 is 0 Å². The van der Waals surface area contributed by atoms with E-state index in [2.05, 4.69) is 6.92 Å². The Morgan fingerprint density at radius 3 is 3.00 bits per heavy atom. The maximum atomic E-state index is 7.58. The highest BCUT2D eigenvalue weighted by atomic mass is 15.1. The van der Waals surface area contributed by atoms with E-state index in [0.29, 0.717) is 6.30 Å². The highest BCUT2D eigenvalue weighted by Gasteiger charge is 1.96. The van der Waals surface area contributed by atoms with Gasteiger partial charge in [0.2, 0.25) is 6.30 Å². The van der Waals surface area contributed by atoms with Gasteiger partial charge in [0.1, 0.15) is 12.4 Å². The van der Waals surface area contributed by atoms with Gasteiger partial charge in [0.15, 0.2) is 1.37 Å². The molecule has 0 atom stereocenters. The molecule has 0 N–H and O–H groups in total. The normalized spacial score (nSPS) is 11.6. The van der Waals surface area contributed by atoms with Crippen molar-refractivity contribution in [3.05, 3.63) is 18.7 Å². The van der Waals surface area contributed by atoms with E-state index in [-0.39, 0.29) is 0 Å². The van der Waals surface area contributed by atoms with Gasteiger partial charge in [0, 0.05) is 0 Å². The lowest BCUT2D eigenvalue weighted by Crippen LogP contribution is -2.23. The van der Waals surface area contributed by atoms with Crippen molar-refractivity contribution < 1.29 is 5.94 Å². The topological polar surface area (TPSA) is 8.81 Å². The largest absolute Gasteiger partial charge is 0.243 e. The van der Waals surface area contributed by atoms with Crippen LogP contribution in [0.5, 0.6) is 0 Å². The van der Waals surface area contributed by atoms with Gasteiger partial charge in [-0.15, -0.1) is 0 Å². The Morgan fingerprint density at radius 1 is 1.70 bits per heavy atom. The predicted molar refractivity (Wildman–Crippen MR) is 40.5 cm³/mol. The second-order valence-electron chi connectivity index (χ2n) is 2.56. The van der Waals surface area contributed by atoms with Gasteiger partial charge in [-0.25, -0.2) is 9.13 Å². The number of hydrogen-bond acceptors (Lipinski definition) is 0. The highest BCUT2D eigenvalue weighted by Crippen LogP contribution is 1.91. The van der Waals surface area contributed by atoms with Crippen LogP contribution in [0.1, 0.15) is 21.1 Å². The van der Waals surface area contributed by atoms with Gasteiger partial charge in [-0.1, -0.05) is 13.3 Å². The number of imidazole rings is 1. The summed E-state index contributed by atoms with van der Waals surface area (Å²) in [5, 5.41) is 0. The maximum absolute atomic E-state index is 7.58. The van der Waals surface area contributed by atoms with E-state index in [1.54, 1.807) is 0 Å². The molecule has 0 radical (unpaired) electrons. The van der Waals surface area contributed by atoms with Crippen molar-refractivity contribution in [1.82, 2.24) is 4.57 Å². The smallest absolute Gasteiger partial charge is 0.240 e. The van der Waals surface area contributed by atoms with Crippen molar-refractivity contribution in [2.45, 2.75) is 26.3 Å². The molecule has 56 valence electrons. The molecule has 1 rings (SSSR count). The van der Waals surface area contributed by atoms with Gasteiger partial charge in [0.05, 0.1) is 13.6 Å². The standard InChI is InChI=1S/C8H15N2/c1-3-4-5-10-7-6-9(2)8-10/h6-8H,3-5H2,1-2H3/q+1/i8D. The zero-order valence-corrected chi connectivity index (χ0v) is 6.67. The van der Waals surface area contributed by atoms with Crippen molar-refractivity contribution in [2.24, 2.45) is 7.05 Å². The first-order valence-electron chi connectivity index (χ1n) is 4.27. The SMILES string of the molecule is [2H]c1n(CCCC)cc[n+]1C. The molecular formula is C8H15N2+. The van der Waals surface area contributed by atoms with E-state index in [1.807, 2.05) is 28.6 Å².